The molecule has 0 saturated carbocycles. The first-order chi connectivity index (χ1) is 16.9. The Bertz CT molecular complexity index is 1080. The third kappa shape index (κ3) is 7.79. The number of nitrogens with zero attached hydrogens (tertiary/aromatic N) is 3. The Kier molecular flexibility index (Phi) is 9.61. The van der Waals surface area contributed by atoms with Crippen molar-refractivity contribution in [2.75, 3.05) is 26.8 Å². The van der Waals surface area contributed by atoms with E-state index in [4.69, 9.17) is 4.74 Å². The number of carbonyl (C=O) groups is 2. The zero-order valence-electron chi connectivity index (χ0n) is 20.7. The highest BCUT2D eigenvalue weighted by molar-refractivity contribution is 5.86. The maximum Gasteiger partial charge on any atom is 0.242 e. The molecule has 3 rings (SSSR count). The van der Waals surface area contributed by atoms with Gasteiger partial charge < -0.3 is 19.1 Å². The molecule has 0 saturated heterocycles. The average molecular weight is 480 g/mol. The van der Waals surface area contributed by atoms with Crippen molar-refractivity contribution in [3.05, 3.63) is 95.6 Å². The van der Waals surface area contributed by atoms with Crippen LogP contribution in [0.3, 0.4) is 0 Å². The molecule has 7 heteroatoms. The van der Waals surface area contributed by atoms with Crippen LogP contribution in [0.2, 0.25) is 0 Å². The van der Waals surface area contributed by atoms with Gasteiger partial charge in [0, 0.05) is 38.1 Å². The van der Waals surface area contributed by atoms with Gasteiger partial charge in [-0.05, 0) is 49.2 Å². The van der Waals surface area contributed by atoms with Crippen molar-refractivity contribution in [1.29, 1.82) is 0 Å². The zero-order valence-corrected chi connectivity index (χ0v) is 20.7. The van der Waals surface area contributed by atoms with E-state index in [9.17, 15) is 14.0 Å². The van der Waals surface area contributed by atoms with Crippen molar-refractivity contribution < 1.29 is 18.7 Å². The largest absolute Gasteiger partial charge is 0.383 e. The van der Waals surface area contributed by atoms with E-state index in [2.05, 4.69) is 16.7 Å². The molecule has 0 N–H and O–H groups in total. The first-order valence-electron chi connectivity index (χ1n) is 11.9. The van der Waals surface area contributed by atoms with Gasteiger partial charge in [-0.1, -0.05) is 42.5 Å². The lowest BCUT2D eigenvalue weighted by atomic mass is 10.1. The standard InChI is InChI=1S/C28H34FN3O3/c1-22(2)32(20-26-10-7-15-30(26)19-24-8-5-4-6-9-24)28(34)21-31(16-17-35-3)27(33)18-23-11-13-25(29)14-12-23/h4-15,22H,16-21H2,1-3H3. The molecule has 0 radical (unpaired) electrons. The maximum atomic E-state index is 13.4. The molecular formula is C28H34FN3O3. The average Bonchev–Trinajstić information content (AvgIpc) is 3.28. The summed E-state index contributed by atoms with van der Waals surface area (Å²) in [6, 6.07) is 20.0. The molecule has 6 nitrogen and oxygen atoms in total. The summed E-state index contributed by atoms with van der Waals surface area (Å²) in [5.41, 5.74) is 2.91. The SMILES string of the molecule is COCCN(CC(=O)N(Cc1cccn1Cc1ccccc1)C(C)C)C(=O)Cc1ccc(F)cc1. The second-order valence-corrected chi connectivity index (χ2v) is 8.84. The first-order valence-corrected chi connectivity index (χ1v) is 11.9. The van der Waals surface area contributed by atoms with Gasteiger partial charge in [0.1, 0.15) is 5.82 Å². The summed E-state index contributed by atoms with van der Waals surface area (Å²) in [7, 11) is 1.56. The Morgan fingerprint density at radius 1 is 0.943 bits per heavy atom. The molecule has 186 valence electrons. The third-order valence-electron chi connectivity index (χ3n) is 5.91. The summed E-state index contributed by atoms with van der Waals surface area (Å²) < 4.78 is 20.5. The van der Waals surface area contributed by atoms with Crippen LogP contribution < -0.4 is 0 Å². The second-order valence-electron chi connectivity index (χ2n) is 8.84. The minimum atomic E-state index is -0.350. The van der Waals surface area contributed by atoms with Crippen LogP contribution in [-0.2, 0) is 33.8 Å². The summed E-state index contributed by atoms with van der Waals surface area (Å²) in [6.07, 6.45) is 2.11. The van der Waals surface area contributed by atoms with E-state index in [1.165, 1.54) is 22.6 Å². The number of hydrogen-bond donors (Lipinski definition) is 0. The van der Waals surface area contributed by atoms with E-state index in [1.807, 2.05) is 50.4 Å². The minimum absolute atomic E-state index is 0.0407. The molecule has 2 amide bonds. The number of hydrogen-bond acceptors (Lipinski definition) is 3. The summed E-state index contributed by atoms with van der Waals surface area (Å²) >= 11 is 0. The molecule has 35 heavy (non-hydrogen) atoms. The fraction of sp³-hybridized carbons (Fsp3) is 0.357. The predicted octanol–water partition coefficient (Wildman–Crippen LogP) is 4.13. The van der Waals surface area contributed by atoms with Crippen molar-refractivity contribution >= 4 is 11.8 Å². The van der Waals surface area contributed by atoms with Crippen LogP contribution in [0, 0.1) is 5.82 Å². The number of ether oxygens (including phenoxy) is 1. The van der Waals surface area contributed by atoms with E-state index in [-0.39, 0.29) is 36.6 Å². The summed E-state index contributed by atoms with van der Waals surface area (Å²) in [5, 5.41) is 0. The highest BCUT2D eigenvalue weighted by Crippen LogP contribution is 2.14. The van der Waals surface area contributed by atoms with Gasteiger partial charge >= 0.3 is 0 Å². The number of halogens is 1. The molecule has 0 fully saturated rings. The van der Waals surface area contributed by atoms with Gasteiger partial charge in [0.2, 0.25) is 11.8 Å². The van der Waals surface area contributed by atoms with E-state index in [1.54, 1.807) is 24.1 Å². The van der Waals surface area contributed by atoms with Gasteiger partial charge in [0.15, 0.2) is 0 Å². The molecule has 0 unspecified atom stereocenters. The highest BCUT2D eigenvalue weighted by atomic mass is 19.1. The summed E-state index contributed by atoms with van der Waals surface area (Å²) in [5.74, 6) is -0.675. The number of rotatable bonds is 12. The van der Waals surface area contributed by atoms with Crippen LogP contribution in [0.15, 0.2) is 72.9 Å². The molecule has 0 aliphatic rings. The zero-order chi connectivity index (χ0) is 25.2. The van der Waals surface area contributed by atoms with Gasteiger partial charge in [-0.3, -0.25) is 9.59 Å². The molecule has 0 aliphatic carbocycles. The van der Waals surface area contributed by atoms with E-state index < -0.39 is 0 Å². The summed E-state index contributed by atoms with van der Waals surface area (Å²) in [4.78, 5) is 29.7. The molecule has 2 aromatic carbocycles. The van der Waals surface area contributed by atoms with Crippen molar-refractivity contribution in [2.24, 2.45) is 0 Å². The summed E-state index contributed by atoms with van der Waals surface area (Å²) in [6.45, 7) is 5.70. The van der Waals surface area contributed by atoms with Gasteiger partial charge in [0.05, 0.1) is 26.1 Å². The van der Waals surface area contributed by atoms with Crippen LogP contribution in [0.5, 0.6) is 0 Å². The third-order valence-corrected chi connectivity index (χ3v) is 5.91. The number of methoxy groups -OCH3 is 1. The normalized spacial score (nSPS) is 11.0. The van der Waals surface area contributed by atoms with Gasteiger partial charge in [-0.2, -0.15) is 0 Å². The lowest BCUT2D eigenvalue weighted by molar-refractivity contribution is -0.142. The smallest absolute Gasteiger partial charge is 0.242 e. The number of aromatic nitrogens is 1. The fourth-order valence-electron chi connectivity index (χ4n) is 3.90. The quantitative estimate of drug-likeness (QED) is 0.393. The van der Waals surface area contributed by atoms with E-state index >= 15 is 0 Å². The Morgan fingerprint density at radius 3 is 2.31 bits per heavy atom. The Morgan fingerprint density at radius 2 is 1.66 bits per heavy atom. The van der Waals surface area contributed by atoms with Crippen LogP contribution >= 0.6 is 0 Å². The monoisotopic (exact) mass is 479 g/mol. The van der Waals surface area contributed by atoms with Crippen molar-refractivity contribution in [1.82, 2.24) is 14.4 Å². The molecular weight excluding hydrogens is 445 g/mol. The lowest BCUT2D eigenvalue weighted by Gasteiger charge is -2.31. The molecule has 0 spiro atoms. The molecule has 1 heterocycles. The van der Waals surface area contributed by atoms with Crippen LogP contribution in [0.4, 0.5) is 4.39 Å². The highest BCUT2D eigenvalue weighted by Gasteiger charge is 2.24. The minimum Gasteiger partial charge on any atom is -0.383 e. The lowest BCUT2D eigenvalue weighted by Crippen LogP contribution is -2.46. The molecule has 0 bridgehead atoms. The van der Waals surface area contributed by atoms with Crippen molar-refractivity contribution in [2.45, 2.75) is 39.4 Å². The number of benzene rings is 2. The second kappa shape index (κ2) is 12.9. The Labute approximate surface area is 206 Å². The maximum absolute atomic E-state index is 13.4. The van der Waals surface area contributed by atoms with Gasteiger partial charge in [-0.15, -0.1) is 0 Å². The van der Waals surface area contributed by atoms with E-state index in [0.29, 0.717) is 25.3 Å². The molecule has 0 aliphatic heterocycles. The Balaban J connectivity index is 1.70. The van der Waals surface area contributed by atoms with Crippen molar-refractivity contribution in [3.63, 3.8) is 0 Å². The molecule has 1 aromatic heterocycles. The molecule has 3 aromatic rings. The van der Waals surface area contributed by atoms with Crippen LogP contribution in [0.1, 0.15) is 30.7 Å². The Hall–Kier alpha value is -3.45. The van der Waals surface area contributed by atoms with E-state index in [0.717, 1.165) is 12.2 Å². The number of carbonyl (C=O) groups excluding carboxylic acids is 2. The van der Waals surface area contributed by atoms with Crippen molar-refractivity contribution in [3.8, 4) is 0 Å². The molecule has 0 atom stereocenters. The van der Waals surface area contributed by atoms with Gasteiger partial charge in [-0.25, -0.2) is 4.39 Å². The van der Waals surface area contributed by atoms with Crippen LogP contribution in [-0.4, -0.2) is 59.0 Å². The fourth-order valence-corrected chi connectivity index (χ4v) is 3.90. The van der Waals surface area contributed by atoms with Gasteiger partial charge in [0.25, 0.3) is 0 Å². The number of amides is 2. The predicted molar refractivity (Wildman–Crippen MR) is 134 cm³/mol. The van der Waals surface area contributed by atoms with Crippen LogP contribution in [0.25, 0.3) is 0 Å². The first kappa shape index (κ1) is 26.2. The topological polar surface area (TPSA) is 54.8 Å².